The summed E-state index contributed by atoms with van der Waals surface area (Å²) >= 11 is 6.32. The van der Waals surface area contributed by atoms with E-state index >= 15 is 0 Å². The highest BCUT2D eigenvalue weighted by molar-refractivity contribution is 7.73. The van der Waals surface area contributed by atoms with Crippen LogP contribution in [0.2, 0.25) is 0 Å². The minimum atomic E-state index is -0.817. The van der Waals surface area contributed by atoms with Crippen molar-refractivity contribution in [1.82, 2.24) is 4.98 Å². The van der Waals surface area contributed by atoms with Crippen LogP contribution in [-0.2, 0) is 11.2 Å². The third-order valence-electron chi connectivity index (χ3n) is 1.95. The van der Waals surface area contributed by atoms with E-state index in [2.05, 4.69) is 4.98 Å². The second kappa shape index (κ2) is 3.08. The molecule has 3 nitrogen and oxygen atoms in total. The third kappa shape index (κ3) is 1.45. The number of hydrogen-bond donors (Lipinski definition) is 2. The fourth-order valence-corrected chi connectivity index (χ4v) is 2.71. The summed E-state index contributed by atoms with van der Waals surface area (Å²) in [6.07, 6.45) is 4.33. The number of H-pyrrole nitrogens is 1. The van der Waals surface area contributed by atoms with Crippen LogP contribution in [0.1, 0.15) is 16.5 Å². The Morgan fingerprint density at radius 2 is 2.54 bits per heavy atom. The fourth-order valence-electron chi connectivity index (χ4n) is 1.38. The first-order chi connectivity index (χ1) is 6.18. The zero-order chi connectivity index (χ0) is 9.42. The van der Waals surface area contributed by atoms with Gasteiger partial charge in [-0.05, 0) is 12.2 Å². The Balaban J connectivity index is 2.53. The van der Waals surface area contributed by atoms with Crippen LogP contribution < -0.4 is 0 Å². The number of carboxylic acids is 1. The Morgan fingerprint density at radius 3 is 3.23 bits per heavy atom. The standard InChI is InChI=1S/C8H7NO2S2/c10-7(11)4-2-1-3-5-6(4)13-8(12)9-5/h1-2,4H,3H2,(H,9,12)(H,10,11). The molecule has 1 atom stereocenters. The van der Waals surface area contributed by atoms with Gasteiger partial charge in [0.05, 0.1) is 0 Å². The van der Waals surface area contributed by atoms with Gasteiger partial charge in [-0.2, -0.15) is 0 Å². The zero-order valence-corrected chi connectivity index (χ0v) is 8.24. The van der Waals surface area contributed by atoms with Crippen LogP contribution in [0.25, 0.3) is 0 Å². The maximum Gasteiger partial charge on any atom is 0.315 e. The van der Waals surface area contributed by atoms with Gasteiger partial charge < -0.3 is 10.1 Å². The molecule has 1 aliphatic rings. The largest absolute Gasteiger partial charge is 0.481 e. The molecular formula is C8H7NO2S2. The lowest BCUT2D eigenvalue weighted by atomic mass is 9.99. The third-order valence-corrected chi connectivity index (χ3v) is 3.31. The van der Waals surface area contributed by atoms with Crippen molar-refractivity contribution in [3.8, 4) is 0 Å². The molecule has 0 spiro atoms. The van der Waals surface area contributed by atoms with Crippen LogP contribution in [0.15, 0.2) is 12.2 Å². The summed E-state index contributed by atoms with van der Waals surface area (Å²) in [7, 11) is 0. The highest BCUT2D eigenvalue weighted by Gasteiger charge is 2.24. The van der Waals surface area contributed by atoms with E-state index in [1.807, 2.05) is 6.08 Å². The minimum absolute atomic E-state index is 0.512. The molecule has 0 saturated carbocycles. The molecule has 0 fully saturated rings. The summed E-state index contributed by atoms with van der Waals surface area (Å²) in [5.74, 6) is -1.33. The molecule has 0 bridgehead atoms. The number of fused-ring (bicyclic) bond motifs is 1. The van der Waals surface area contributed by atoms with E-state index in [0.29, 0.717) is 3.95 Å². The predicted octanol–water partition coefficient (Wildman–Crippen LogP) is 2.09. The molecule has 2 N–H and O–H groups in total. The molecule has 0 radical (unpaired) electrons. The van der Waals surface area contributed by atoms with Crippen LogP contribution in [0.5, 0.6) is 0 Å². The average molecular weight is 213 g/mol. The lowest BCUT2D eigenvalue weighted by Crippen LogP contribution is -2.12. The number of hydrogen-bond acceptors (Lipinski definition) is 3. The first kappa shape index (κ1) is 8.65. The summed E-state index contributed by atoms with van der Waals surface area (Å²) in [5, 5.41) is 8.90. The van der Waals surface area contributed by atoms with E-state index in [4.69, 9.17) is 17.3 Å². The van der Waals surface area contributed by atoms with Gasteiger partial charge in [0.25, 0.3) is 0 Å². The number of thiazole rings is 1. The Bertz CT molecular complexity index is 430. The van der Waals surface area contributed by atoms with Crippen molar-refractivity contribution < 1.29 is 9.90 Å². The van der Waals surface area contributed by atoms with Crippen molar-refractivity contribution in [2.75, 3.05) is 0 Å². The number of aromatic nitrogens is 1. The molecule has 0 amide bonds. The summed E-state index contributed by atoms with van der Waals surface area (Å²) < 4.78 is 0.653. The van der Waals surface area contributed by atoms with Gasteiger partial charge in [0.2, 0.25) is 0 Å². The van der Waals surface area contributed by atoms with E-state index < -0.39 is 11.9 Å². The van der Waals surface area contributed by atoms with Gasteiger partial charge in [-0.3, -0.25) is 4.79 Å². The van der Waals surface area contributed by atoms with Crippen molar-refractivity contribution >= 4 is 29.5 Å². The van der Waals surface area contributed by atoms with Crippen LogP contribution >= 0.6 is 23.6 Å². The molecule has 0 aromatic carbocycles. The molecule has 1 aliphatic carbocycles. The molecule has 2 rings (SSSR count). The Labute approximate surface area is 83.7 Å². The van der Waals surface area contributed by atoms with Gasteiger partial charge in [-0.15, -0.1) is 11.3 Å². The molecule has 0 aliphatic heterocycles. The van der Waals surface area contributed by atoms with Gasteiger partial charge in [-0.1, -0.05) is 12.2 Å². The lowest BCUT2D eigenvalue weighted by molar-refractivity contribution is -0.137. The van der Waals surface area contributed by atoms with Crippen LogP contribution in [-0.4, -0.2) is 16.1 Å². The predicted molar refractivity (Wildman–Crippen MR) is 52.7 cm³/mol. The molecule has 13 heavy (non-hydrogen) atoms. The maximum absolute atomic E-state index is 10.8. The summed E-state index contributed by atoms with van der Waals surface area (Å²) in [6, 6.07) is 0. The summed E-state index contributed by atoms with van der Waals surface area (Å²) in [6.45, 7) is 0. The minimum Gasteiger partial charge on any atom is -0.481 e. The highest BCUT2D eigenvalue weighted by Crippen LogP contribution is 2.30. The van der Waals surface area contributed by atoms with Gasteiger partial charge in [0.1, 0.15) is 5.92 Å². The van der Waals surface area contributed by atoms with Gasteiger partial charge in [0, 0.05) is 17.0 Å². The quantitative estimate of drug-likeness (QED) is 0.554. The van der Waals surface area contributed by atoms with Crippen LogP contribution in [0, 0.1) is 3.95 Å². The average Bonchev–Trinajstić information content (AvgIpc) is 2.43. The Morgan fingerprint density at radius 1 is 1.77 bits per heavy atom. The molecule has 5 heteroatoms. The number of aliphatic carboxylic acids is 1. The molecule has 1 aromatic rings. The molecule has 0 saturated heterocycles. The molecule has 1 aromatic heterocycles. The van der Waals surface area contributed by atoms with Gasteiger partial charge in [-0.25, -0.2) is 0 Å². The summed E-state index contributed by atoms with van der Waals surface area (Å²) in [5.41, 5.74) is 0.949. The van der Waals surface area contributed by atoms with Gasteiger partial charge in [0.15, 0.2) is 3.95 Å². The molecule has 1 unspecified atom stereocenters. The first-order valence-electron chi connectivity index (χ1n) is 3.80. The van der Waals surface area contributed by atoms with Crippen molar-refractivity contribution in [2.24, 2.45) is 0 Å². The van der Waals surface area contributed by atoms with Crippen LogP contribution in [0.4, 0.5) is 0 Å². The second-order valence-electron chi connectivity index (χ2n) is 2.81. The van der Waals surface area contributed by atoms with Crippen molar-refractivity contribution in [3.63, 3.8) is 0 Å². The van der Waals surface area contributed by atoms with E-state index in [-0.39, 0.29) is 0 Å². The number of carboxylic acid groups (broad SMARTS) is 1. The SMILES string of the molecule is O=C(O)C1C=CCc2[nH]c(=S)sc21. The number of rotatable bonds is 1. The van der Waals surface area contributed by atoms with Crippen LogP contribution in [0.3, 0.4) is 0 Å². The fraction of sp³-hybridized carbons (Fsp3) is 0.250. The number of nitrogens with one attached hydrogen (secondary N) is 1. The smallest absolute Gasteiger partial charge is 0.315 e. The van der Waals surface area contributed by atoms with E-state index in [1.165, 1.54) is 11.3 Å². The lowest BCUT2D eigenvalue weighted by Gasteiger charge is -2.11. The Hall–Kier alpha value is -0.940. The Kier molecular flexibility index (Phi) is 2.05. The molecular weight excluding hydrogens is 206 g/mol. The van der Waals surface area contributed by atoms with E-state index in [9.17, 15) is 4.79 Å². The zero-order valence-electron chi connectivity index (χ0n) is 6.61. The van der Waals surface area contributed by atoms with Crippen molar-refractivity contribution in [3.05, 3.63) is 26.7 Å². The van der Waals surface area contributed by atoms with Crippen molar-refractivity contribution in [2.45, 2.75) is 12.3 Å². The van der Waals surface area contributed by atoms with E-state index in [0.717, 1.165) is 17.0 Å². The highest BCUT2D eigenvalue weighted by atomic mass is 32.1. The topological polar surface area (TPSA) is 53.1 Å². The first-order valence-corrected chi connectivity index (χ1v) is 5.02. The maximum atomic E-state index is 10.8. The van der Waals surface area contributed by atoms with Gasteiger partial charge >= 0.3 is 5.97 Å². The number of carbonyl (C=O) groups is 1. The number of allylic oxidation sites excluding steroid dienone is 1. The molecule has 1 heterocycles. The second-order valence-corrected chi connectivity index (χ2v) is 4.52. The molecule has 68 valence electrons. The summed E-state index contributed by atoms with van der Waals surface area (Å²) in [4.78, 5) is 14.7. The number of aromatic amines is 1. The monoisotopic (exact) mass is 213 g/mol. The van der Waals surface area contributed by atoms with E-state index in [1.54, 1.807) is 6.08 Å². The normalized spacial score (nSPS) is 19.8. The van der Waals surface area contributed by atoms with Crippen molar-refractivity contribution in [1.29, 1.82) is 0 Å².